The molecule has 0 radical (unpaired) electrons. The van der Waals surface area contributed by atoms with Crippen LogP contribution in [0, 0.1) is 11.3 Å². The molecule has 1 aliphatic heterocycles. The second-order valence-electron chi connectivity index (χ2n) is 4.70. The van der Waals surface area contributed by atoms with Crippen LogP contribution in [0.5, 0.6) is 0 Å². The third-order valence-corrected chi connectivity index (χ3v) is 3.42. The van der Waals surface area contributed by atoms with Gasteiger partial charge in [0.15, 0.2) is 0 Å². The van der Waals surface area contributed by atoms with Crippen molar-refractivity contribution in [2.24, 2.45) is 0 Å². The first-order valence-corrected chi connectivity index (χ1v) is 6.34. The van der Waals surface area contributed by atoms with E-state index in [0.717, 1.165) is 12.1 Å². The van der Waals surface area contributed by atoms with Crippen molar-refractivity contribution in [3.05, 3.63) is 29.8 Å². The summed E-state index contributed by atoms with van der Waals surface area (Å²) in [6, 6.07) is 8.72. The molecule has 1 aromatic carbocycles. The zero-order chi connectivity index (χ0) is 13.8. The molecule has 1 aromatic rings. The van der Waals surface area contributed by atoms with Gasteiger partial charge in [0.2, 0.25) is 5.91 Å². The van der Waals surface area contributed by atoms with Gasteiger partial charge in [0.1, 0.15) is 6.04 Å². The summed E-state index contributed by atoms with van der Waals surface area (Å²) in [6.07, 6.45) is 0.805. The quantitative estimate of drug-likeness (QED) is 0.817. The number of hydrogen-bond donors (Lipinski definition) is 2. The number of aliphatic hydroxyl groups excluding tert-OH is 1. The summed E-state index contributed by atoms with van der Waals surface area (Å²) in [6.45, 7) is 2.37. The van der Waals surface area contributed by atoms with Gasteiger partial charge in [0.25, 0.3) is 0 Å². The Morgan fingerprint density at radius 1 is 1.58 bits per heavy atom. The van der Waals surface area contributed by atoms with Crippen LogP contribution in [0.4, 0.5) is 5.69 Å². The lowest BCUT2D eigenvalue weighted by atomic mass is 10.1. The maximum absolute atomic E-state index is 12.0. The Balaban J connectivity index is 2.41. The van der Waals surface area contributed by atoms with Crippen molar-refractivity contribution in [1.82, 2.24) is 5.32 Å². The van der Waals surface area contributed by atoms with Crippen molar-refractivity contribution in [1.29, 1.82) is 5.26 Å². The number of hydrogen-bond acceptors (Lipinski definition) is 4. The Kier molecular flexibility index (Phi) is 4.03. The van der Waals surface area contributed by atoms with E-state index in [9.17, 15) is 9.90 Å². The van der Waals surface area contributed by atoms with Gasteiger partial charge in [-0.05, 0) is 31.5 Å². The molecule has 0 spiro atoms. The Morgan fingerprint density at radius 2 is 2.37 bits per heavy atom. The van der Waals surface area contributed by atoms with E-state index in [0.29, 0.717) is 12.1 Å². The molecule has 1 heterocycles. The first-order valence-electron chi connectivity index (χ1n) is 6.34. The normalized spacial score (nSPS) is 23.4. The molecule has 19 heavy (non-hydrogen) atoms. The number of nitrogens with zero attached hydrogens (tertiary/aromatic N) is 2. The lowest BCUT2D eigenvalue weighted by Gasteiger charge is -2.34. The van der Waals surface area contributed by atoms with Crippen molar-refractivity contribution in [2.45, 2.75) is 25.4 Å². The number of rotatable bonds is 2. The zero-order valence-electron chi connectivity index (χ0n) is 10.8. The van der Waals surface area contributed by atoms with Crippen LogP contribution in [0.15, 0.2) is 24.3 Å². The topological polar surface area (TPSA) is 76.4 Å². The molecule has 0 saturated carbocycles. The monoisotopic (exact) mass is 259 g/mol. The van der Waals surface area contributed by atoms with E-state index < -0.39 is 6.04 Å². The van der Waals surface area contributed by atoms with Crippen molar-refractivity contribution >= 4 is 11.6 Å². The first-order chi connectivity index (χ1) is 9.17. The predicted molar refractivity (Wildman–Crippen MR) is 71.6 cm³/mol. The molecule has 1 aliphatic rings. The molecule has 2 N–H and O–H groups in total. The summed E-state index contributed by atoms with van der Waals surface area (Å²) >= 11 is 0. The number of anilines is 1. The zero-order valence-corrected chi connectivity index (χ0v) is 10.8. The van der Waals surface area contributed by atoms with Gasteiger partial charge < -0.3 is 15.3 Å². The van der Waals surface area contributed by atoms with Crippen LogP contribution in [0.2, 0.25) is 0 Å². The Morgan fingerprint density at radius 3 is 3.05 bits per heavy atom. The second-order valence-corrected chi connectivity index (χ2v) is 4.70. The Hall–Kier alpha value is -2.06. The number of amides is 1. The minimum Gasteiger partial charge on any atom is -0.394 e. The molecular formula is C14H17N3O2. The first kappa shape index (κ1) is 13.4. The van der Waals surface area contributed by atoms with Crippen molar-refractivity contribution in [3.8, 4) is 6.07 Å². The van der Waals surface area contributed by atoms with Gasteiger partial charge in [-0.15, -0.1) is 0 Å². The molecule has 5 heteroatoms. The van der Waals surface area contributed by atoms with Gasteiger partial charge in [-0.2, -0.15) is 5.26 Å². The van der Waals surface area contributed by atoms with E-state index >= 15 is 0 Å². The molecule has 2 rings (SSSR count). The van der Waals surface area contributed by atoms with Crippen LogP contribution in [-0.4, -0.2) is 36.2 Å². The summed E-state index contributed by atoms with van der Waals surface area (Å²) in [5.74, 6) is -0.172. The number of carbonyl (C=O) groups is 1. The number of benzene rings is 1. The molecule has 5 nitrogen and oxygen atoms in total. The van der Waals surface area contributed by atoms with E-state index in [4.69, 9.17) is 5.26 Å². The van der Waals surface area contributed by atoms with Crippen LogP contribution >= 0.6 is 0 Å². The highest BCUT2D eigenvalue weighted by molar-refractivity contribution is 5.86. The van der Waals surface area contributed by atoms with E-state index in [-0.39, 0.29) is 18.6 Å². The number of nitriles is 1. The smallest absolute Gasteiger partial charge is 0.245 e. The highest BCUT2D eigenvalue weighted by Gasteiger charge is 2.31. The van der Waals surface area contributed by atoms with Gasteiger partial charge in [0, 0.05) is 18.3 Å². The molecule has 1 saturated heterocycles. The average molecular weight is 259 g/mol. The van der Waals surface area contributed by atoms with E-state index in [2.05, 4.69) is 11.4 Å². The lowest BCUT2D eigenvalue weighted by molar-refractivity contribution is -0.122. The average Bonchev–Trinajstić information content (AvgIpc) is 2.57. The molecule has 0 aromatic heterocycles. The summed E-state index contributed by atoms with van der Waals surface area (Å²) in [4.78, 5) is 13.8. The van der Waals surface area contributed by atoms with Crippen LogP contribution in [0.1, 0.15) is 18.9 Å². The fourth-order valence-corrected chi connectivity index (χ4v) is 2.44. The summed E-state index contributed by atoms with van der Waals surface area (Å²) in [7, 11) is 0. The largest absolute Gasteiger partial charge is 0.394 e. The van der Waals surface area contributed by atoms with Gasteiger partial charge in [-0.1, -0.05) is 6.07 Å². The Labute approximate surface area is 112 Å². The SMILES string of the molecule is CC1CCNC(=O)C(CO)N1c1cccc(C#N)c1. The molecular weight excluding hydrogens is 242 g/mol. The highest BCUT2D eigenvalue weighted by Crippen LogP contribution is 2.24. The fourth-order valence-electron chi connectivity index (χ4n) is 2.44. The maximum atomic E-state index is 12.0. The van der Waals surface area contributed by atoms with Gasteiger partial charge >= 0.3 is 0 Å². The number of carbonyl (C=O) groups excluding carboxylic acids is 1. The minimum absolute atomic E-state index is 0.116. The van der Waals surface area contributed by atoms with E-state index in [1.165, 1.54) is 0 Å². The number of nitrogens with one attached hydrogen (secondary N) is 1. The molecule has 1 amide bonds. The fraction of sp³-hybridized carbons (Fsp3) is 0.429. The van der Waals surface area contributed by atoms with Crippen LogP contribution < -0.4 is 10.2 Å². The number of aliphatic hydroxyl groups is 1. The molecule has 1 fully saturated rings. The molecule has 0 bridgehead atoms. The summed E-state index contributed by atoms with van der Waals surface area (Å²) < 4.78 is 0. The van der Waals surface area contributed by atoms with Gasteiger partial charge in [-0.3, -0.25) is 4.79 Å². The molecule has 2 unspecified atom stereocenters. The lowest BCUT2D eigenvalue weighted by Crippen LogP contribution is -2.49. The highest BCUT2D eigenvalue weighted by atomic mass is 16.3. The summed E-state index contributed by atoms with van der Waals surface area (Å²) in [5, 5.41) is 21.3. The summed E-state index contributed by atoms with van der Waals surface area (Å²) in [5.41, 5.74) is 1.34. The van der Waals surface area contributed by atoms with E-state index in [1.807, 2.05) is 17.9 Å². The predicted octanol–water partition coefficient (Wildman–Crippen LogP) is 0.634. The third-order valence-electron chi connectivity index (χ3n) is 3.42. The second kappa shape index (κ2) is 5.72. The maximum Gasteiger partial charge on any atom is 0.245 e. The van der Waals surface area contributed by atoms with Crippen LogP contribution in [-0.2, 0) is 4.79 Å². The third kappa shape index (κ3) is 2.69. The van der Waals surface area contributed by atoms with Crippen LogP contribution in [0.25, 0.3) is 0 Å². The van der Waals surface area contributed by atoms with Gasteiger partial charge in [0.05, 0.1) is 18.2 Å². The molecule has 2 atom stereocenters. The van der Waals surface area contributed by atoms with E-state index in [1.54, 1.807) is 18.2 Å². The Bertz CT molecular complexity index is 510. The molecule has 100 valence electrons. The standard InChI is InChI=1S/C14H17N3O2/c1-10-5-6-16-14(19)13(9-18)17(10)12-4-2-3-11(7-12)8-15/h2-4,7,10,13,18H,5-6,9H2,1H3,(H,16,19). The van der Waals surface area contributed by atoms with Gasteiger partial charge in [-0.25, -0.2) is 0 Å². The minimum atomic E-state index is -0.605. The van der Waals surface area contributed by atoms with Crippen molar-refractivity contribution < 1.29 is 9.90 Å². The molecule has 0 aliphatic carbocycles. The van der Waals surface area contributed by atoms with Crippen molar-refractivity contribution in [2.75, 3.05) is 18.1 Å². The van der Waals surface area contributed by atoms with Crippen LogP contribution in [0.3, 0.4) is 0 Å². The van der Waals surface area contributed by atoms with Crippen molar-refractivity contribution in [3.63, 3.8) is 0 Å².